The van der Waals surface area contributed by atoms with Gasteiger partial charge in [-0.25, -0.2) is 9.67 Å². The lowest BCUT2D eigenvalue weighted by Gasteiger charge is -2.11. The van der Waals surface area contributed by atoms with Gasteiger partial charge in [-0.2, -0.15) is 5.10 Å². The van der Waals surface area contributed by atoms with Gasteiger partial charge in [0.2, 0.25) is 5.91 Å². The molecule has 4 rings (SSSR count). The van der Waals surface area contributed by atoms with Crippen molar-refractivity contribution in [1.82, 2.24) is 29.5 Å². The van der Waals surface area contributed by atoms with Gasteiger partial charge in [-0.1, -0.05) is 59.8 Å². The van der Waals surface area contributed by atoms with Crippen LogP contribution >= 0.6 is 23.4 Å². The molecule has 0 aliphatic rings. The second-order valence-corrected chi connectivity index (χ2v) is 7.79. The Balaban J connectivity index is 1.50. The average Bonchev–Trinajstić information content (AvgIpc) is 3.44. The largest absolute Gasteiger partial charge is 0.323 e. The molecule has 2 heterocycles. The first-order valence-electron chi connectivity index (χ1n) is 9.32. The van der Waals surface area contributed by atoms with Gasteiger partial charge in [-0.3, -0.25) is 9.36 Å². The van der Waals surface area contributed by atoms with Crippen molar-refractivity contribution in [3.63, 3.8) is 0 Å². The molecule has 0 spiro atoms. The van der Waals surface area contributed by atoms with Crippen LogP contribution in [0.5, 0.6) is 0 Å². The van der Waals surface area contributed by atoms with Crippen LogP contribution < -0.4 is 5.32 Å². The molecule has 0 unspecified atom stereocenters. The van der Waals surface area contributed by atoms with E-state index in [-0.39, 0.29) is 11.7 Å². The van der Waals surface area contributed by atoms with Gasteiger partial charge < -0.3 is 5.32 Å². The highest BCUT2D eigenvalue weighted by atomic mass is 35.5. The van der Waals surface area contributed by atoms with Crippen LogP contribution in [0.3, 0.4) is 0 Å². The van der Waals surface area contributed by atoms with Crippen LogP contribution in [0.2, 0.25) is 5.02 Å². The zero-order chi connectivity index (χ0) is 21.6. The number of thioether (sulfide) groups is 1. The van der Waals surface area contributed by atoms with Gasteiger partial charge in [-0.05, 0) is 18.2 Å². The Labute approximate surface area is 188 Å². The van der Waals surface area contributed by atoms with Crippen LogP contribution in [0, 0.1) is 0 Å². The molecule has 4 aromatic rings. The van der Waals surface area contributed by atoms with Crippen molar-refractivity contribution in [3.8, 4) is 17.1 Å². The third kappa shape index (κ3) is 4.84. The van der Waals surface area contributed by atoms with Gasteiger partial charge in [0.25, 0.3) is 0 Å². The van der Waals surface area contributed by atoms with Crippen molar-refractivity contribution < 1.29 is 4.79 Å². The Morgan fingerprint density at radius 3 is 2.77 bits per heavy atom. The molecular weight excluding hydrogens is 434 g/mol. The molecular formula is C21H18ClN7OS. The summed E-state index contributed by atoms with van der Waals surface area (Å²) < 4.78 is 3.49. The number of hydrogen-bond donors (Lipinski definition) is 1. The highest BCUT2D eigenvalue weighted by molar-refractivity contribution is 7.99. The molecule has 0 aliphatic carbocycles. The lowest BCUT2D eigenvalue weighted by molar-refractivity contribution is -0.113. The minimum absolute atomic E-state index is 0.146. The molecule has 0 saturated carbocycles. The van der Waals surface area contributed by atoms with Crippen molar-refractivity contribution in [3.05, 3.63) is 78.9 Å². The van der Waals surface area contributed by atoms with Crippen molar-refractivity contribution in [2.24, 2.45) is 0 Å². The number of hydrogen-bond acceptors (Lipinski definition) is 6. The summed E-state index contributed by atoms with van der Waals surface area (Å²) in [4.78, 5) is 16.6. The van der Waals surface area contributed by atoms with E-state index in [2.05, 4.69) is 32.2 Å². The normalized spacial score (nSPS) is 10.7. The summed E-state index contributed by atoms with van der Waals surface area (Å²) in [5.41, 5.74) is 2.16. The van der Waals surface area contributed by atoms with Gasteiger partial charge in [0.1, 0.15) is 12.7 Å². The van der Waals surface area contributed by atoms with Crippen LogP contribution in [0.15, 0.2) is 79.0 Å². The van der Waals surface area contributed by atoms with E-state index in [4.69, 9.17) is 11.6 Å². The number of amides is 1. The number of allylic oxidation sites excluding steroid dienone is 1. The lowest BCUT2D eigenvalue weighted by atomic mass is 10.2. The molecule has 2 aromatic carbocycles. The van der Waals surface area contributed by atoms with Crippen LogP contribution in [0.25, 0.3) is 17.1 Å². The van der Waals surface area contributed by atoms with Crippen molar-refractivity contribution in [2.45, 2.75) is 11.7 Å². The Hall–Kier alpha value is -3.43. The Bertz CT molecular complexity index is 1190. The number of halogens is 1. The number of rotatable bonds is 8. The van der Waals surface area contributed by atoms with Gasteiger partial charge in [0, 0.05) is 17.1 Å². The average molecular weight is 452 g/mol. The van der Waals surface area contributed by atoms with Crippen LogP contribution in [0.4, 0.5) is 5.69 Å². The summed E-state index contributed by atoms with van der Waals surface area (Å²) in [6, 6.07) is 14.9. The Morgan fingerprint density at radius 2 is 2.03 bits per heavy atom. The van der Waals surface area contributed by atoms with Gasteiger partial charge in [0.15, 0.2) is 11.0 Å². The number of carbonyl (C=O) groups is 1. The van der Waals surface area contributed by atoms with E-state index in [1.165, 1.54) is 18.1 Å². The second-order valence-electron chi connectivity index (χ2n) is 6.41. The van der Waals surface area contributed by atoms with E-state index >= 15 is 0 Å². The molecule has 0 fully saturated rings. The first kappa shape index (κ1) is 20.8. The summed E-state index contributed by atoms with van der Waals surface area (Å²) in [5, 5.41) is 16.7. The zero-order valence-electron chi connectivity index (χ0n) is 16.3. The maximum Gasteiger partial charge on any atom is 0.234 e. The Morgan fingerprint density at radius 1 is 1.19 bits per heavy atom. The number of carbonyl (C=O) groups excluding carboxylic acids is 1. The molecule has 31 heavy (non-hydrogen) atoms. The molecule has 0 bridgehead atoms. The second kappa shape index (κ2) is 9.59. The highest BCUT2D eigenvalue weighted by Gasteiger charge is 2.16. The fraction of sp³-hybridized carbons (Fsp3) is 0.0952. The number of benzene rings is 2. The molecule has 2 aromatic heterocycles. The fourth-order valence-corrected chi connectivity index (χ4v) is 3.87. The predicted octanol–water partition coefficient (Wildman–Crippen LogP) is 4.10. The first-order valence-corrected chi connectivity index (χ1v) is 10.7. The van der Waals surface area contributed by atoms with Crippen molar-refractivity contribution >= 4 is 35.0 Å². The molecule has 8 nitrogen and oxygen atoms in total. The molecule has 0 atom stereocenters. The topological polar surface area (TPSA) is 90.5 Å². The number of nitrogens with zero attached hydrogens (tertiary/aromatic N) is 6. The monoisotopic (exact) mass is 451 g/mol. The van der Waals surface area contributed by atoms with Gasteiger partial charge >= 0.3 is 0 Å². The zero-order valence-corrected chi connectivity index (χ0v) is 17.9. The van der Waals surface area contributed by atoms with E-state index in [0.29, 0.717) is 28.1 Å². The minimum Gasteiger partial charge on any atom is -0.323 e. The molecule has 10 heteroatoms. The molecule has 1 N–H and O–H groups in total. The maximum absolute atomic E-state index is 12.7. The van der Waals surface area contributed by atoms with E-state index < -0.39 is 0 Å². The molecule has 1 amide bonds. The Kier molecular flexibility index (Phi) is 6.44. The summed E-state index contributed by atoms with van der Waals surface area (Å²) in [6.07, 6.45) is 4.75. The molecule has 0 radical (unpaired) electrons. The predicted molar refractivity (Wildman–Crippen MR) is 121 cm³/mol. The quantitative estimate of drug-likeness (QED) is 0.320. The lowest BCUT2D eigenvalue weighted by Crippen LogP contribution is -2.16. The van der Waals surface area contributed by atoms with Crippen molar-refractivity contribution in [2.75, 3.05) is 11.1 Å². The van der Waals surface area contributed by atoms with Gasteiger partial charge in [0.05, 0.1) is 17.1 Å². The van der Waals surface area contributed by atoms with E-state index in [9.17, 15) is 4.79 Å². The maximum atomic E-state index is 12.7. The minimum atomic E-state index is -0.206. The number of nitrogens with one attached hydrogen (secondary N) is 1. The van der Waals surface area contributed by atoms with E-state index in [0.717, 1.165) is 11.4 Å². The van der Waals surface area contributed by atoms with E-state index in [1.807, 2.05) is 34.9 Å². The number of anilines is 1. The third-order valence-electron chi connectivity index (χ3n) is 4.29. The SMILES string of the molecule is C=CCn1c(SCC(=O)Nc2cc(Cl)ccc2-n2cncn2)nnc1-c1ccccc1. The standard InChI is InChI=1S/C21H18ClN7OS/c1-2-10-28-20(15-6-4-3-5-7-15)26-27-21(28)31-12-19(30)25-17-11-16(22)8-9-18(17)29-14-23-13-24-29/h2-9,11,13-14H,1,10,12H2,(H,25,30). The van der Waals surface area contributed by atoms with Crippen LogP contribution in [-0.4, -0.2) is 41.2 Å². The van der Waals surface area contributed by atoms with Gasteiger partial charge in [-0.15, -0.1) is 16.8 Å². The van der Waals surface area contributed by atoms with Crippen LogP contribution in [0.1, 0.15) is 0 Å². The first-order chi connectivity index (χ1) is 15.2. The molecule has 156 valence electrons. The molecule has 0 saturated heterocycles. The van der Waals surface area contributed by atoms with E-state index in [1.54, 1.807) is 35.3 Å². The van der Waals surface area contributed by atoms with Crippen molar-refractivity contribution in [1.29, 1.82) is 0 Å². The summed E-state index contributed by atoms with van der Waals surface area (Å²) in [6.45, 7) is 4.35. The summed E-state index contributed by atoms with van der Waals surface area (Å²) >= 11 is 7.42. The third-order valence-corrected chi connectivity index (χ3v) is 5.49. The summed E-state index contributed by atoms with van der Waals surface area (Å²) in [5.74, 6) is 0.669. The fourth-order valence-electron chi connectivity index (χ4n) is 2.95. The highest BCUT2D eigenvalue weighted by Crippen LogP contribution is 2.26. The van der Waals surface area contributed by atoms with Crippen LogP contribution in [-0.2, 0) is 11.3 Å². The molecule has 0 aliphatic heterocycles. The summed E-state index contributed by atoms with van der Waals surface area (Å²) in [7, 11) is 0. The smallest absolute Gasteiger partial charge is 0.234 e. The number of aromatic nitrogens is 6.